The van der Waals surface area contributed by atoms with Gasteiger partial charge in [0.05, 0.1) is 0 Å². The highest BCUT2D eigenvalue weighted by atomic mass is 79.9. The van der Waals surface area contributed by atoms with Gasteiger partial charge < -0.3 is 15.2 Å². The molecule has 2 N–H and O–H groups in total. The molecule has 0 aliphatic carbocycles. The summed E-state index contributed by atoms with van der Waals surface area (Å²) in [6.45, 7) is 4.60. The zero-order valence-corrected chi connectivity index (χ0v) is 13.3. The van der Waals surface area contributed by atoms with Crippen LogP contribution in [0.3, 0.4) is 0 Å². The molecule has 0 saturated carbocycles. The van der Waals surface area contributed by atoms with Gasteiger partial charge in [0.25, 0.3) is 0 Å². The number of hydrogen-bond acceptors (Lipinski definition) is 3. The van der Waals surface area contributed by atoms with Crippen LogP contribution in [-0.4, -0.2) is 29.8 Å². The Morgan fingerprint density at radius 2 is 2.30 bits per heavy atom. The fourth-order valence-electron chi connectivity index (χ4n) is 2.42. The van der Waals surface area contributed by atoms with E-state index in [1.54, 1.807) is 0 Å². The highest BCUT2D eigenvalue weighted by molar-refractivity contribution is 9.10. The Morgan fingerprint density at radius 3 is 2.95 bits per heavy atom. The molecule has 2 rings (SSSR count). The lowest BCUT2D eigenvalue weighted by molar-refractivity contribution is -0.140. The molecule has 0 bridgehead atoms. The van der Waals surface area contributed by atoms with Crippen LogP contribution in [0.1, 0.15) is 25.8 Å². The lowest BCUT2D eigenvalue weighted by Crippen LogP contribution is -2.42. The van der Waals surface area contributed by atoms with Crippen LogP contribution < -0.4 is 10.1 Å². The van der Waals surface area contributed by atoms with E-state index in [0.717, 1.165) is 16.6 Å². The third-order valence-electron chi connectivity index (χ3n) is 3.36. The van der Waals surface area contributed by atoms with E-state index < -0.39 is 12.0 Å². The molecule has 2 unspecified atom stereocenters. The first-order chi connectivity index (χ1) is 9.45. The van der Waals surface area contributed by atoms with Crippen LogP contribution in [0.2, 0.25) is 0 Å². The summed E-state index contributed by atoms with van der Waals surface area (Å²) in [5, 5.41) is 12.3. The van der Waals surface area contributed by atoms with Crippen molar-refractivity contribution in [1.82, 2.24) is 5.32 Å². The van der Waals surface area contributed by atoms with E-state index in [0.29, 0.717) is 18.9 Å². The molecule has 110 valence electrons. The summed E-state index contributed by atoms with van der Waals surface area (Å²) in [7, 11) is 0. The fourth-order valence-corrected chi connectivity index (χ4v) is 2.83. The first-order valence-corrected chi connectivity index (χ1v) is 7.66. The van der Waals surface area contributed by atoms with E-state index in [4.69, 9.17) is 4.74 Å². The fraction of sp³-hybridized carbons (Fsp3) is 0.533. The molecular weight excluding hydrogens is 322 g/mol. The minimum Gasteiger partial charge on any atom is -0.488 e. The second-order valence-electron chi connectivity index (χ2n) is 5.62. The molecule has 20 heavy (non-hydrogen) atoms. The Bertz CT molecular complexity index is 490. The van der Waals surface area contributed by atoms with Crippen molar-refractivity contribution in [3.05, 3.63) is 28.2 Å². The van der Waals surface area contributed by atoms with Crippen molar-refractivity contribution >= 4 is 21.9 Å². The normalized spacial score (nSPS) is 18.7. The van der Waals surface area contributed by atoms with Crippen LogP contribution in [0.15, 0.2) is 22.7 Å². The van der Waals surface area contributed by atoms with Crippen LogP contribution in [0.5, 0.6) is 5.75 Å². The van der Waals surface area contributed by atoms with Gasteiger partial charge in [-0.2, -0.15) is 0 Å². The molecule has 1 aliphatic heterocycles. The highest BCUT2D eigenvalue weighted by Gasteiger charge is 2.25. The number of halogens is 1. The molecule has 0 aromatic heterocycles. The quantitative estimate of drug-likeness (QED) is 0.835. The molecule has 2 atom stereocenters. The Labute approximate surface area is 127 Å². The number of aliphatic carboxylic acids is 1. The molecule has 0 radical (unpaired) electrons. The van der Waals surface area contributed by atoms with Crippen molar-refractivity contribution in [3.63, 3.8) is 0 Å². The van der Waals surface area contributed by atoms with Crippen molar-refractivity contribution in [2.75, 3.05) is 6.54 Å². The molecule has 1 heterocycles. The number of carboxylic acid groups (broad SMARTS) is 1. The minimum atomic E-state index is -0.794. The molecule has 1 aromatic carbocycles. The van der Waals surface area contributed by atoms with E-state index in [9.17, 15) is 9.90 Å². The highest BCUT2D eigenvalue weighted by Crippen LogP contribution is 2.31. The summed E-state index contributed by atoms with van der Waals surface area (Å²) in [6, 6.07) is 5.45. The van der Waals surface area contributed by atoms with Crippen LogP contribution in [-0.2, 0) is 11.2 Å². The summed E-state index contributed by atoms with van der Waals surface area (Å²) in [6.07, 6.45) is 1.45. The molecule has 0 fully saturated rings. The smallest absolute Gasteiger partial charge is 0.320 e. The zero-order chi connectivity index (χ0) is 14.7. The van der Waals surface area contributed by atoms with Crippen molar-refractivity contribution in [2.45, 2.75) is 38.8 Å². The van der Waals surface area contributed by atoms with Gasteiger partial charge in [0.15, 0.2) is 0 Å². The number of nitrogens with one attached hydrogen (secondary N) is 1. The van der Waals surface area contributed by atoms with E-state index in [2.05, 4.69) is 27.3 Å². The van der Waals surface area contributed by atoms with Crippen molar-refractivity contribution < 1.29 is 14.6 Å². The summed E-state index contributed by atoms with van der Waals surface area (Å²) in [5.74, 6) is 0.453. The van der Waals surface area contributed by atoms with Gasteiger partial charge in [-0.1, -0.05) is 29.8 Å². The molecule has 0 saturated heterocycles. The lowest BCUT2D eigenvalue weighted by atomic mass is 10.0. The largest absolute Gasteiger partial charge is 0.488 e. The average Bonchev–Trinajstić information content (AvgIpc) is 2.75. The van der Waals surface area contributed by atoms with Gasteiger partial charge in [-0.25, -0.2) is 0 Å². The lowest BCUT2D eigenvalue weighted by Gasteiger charge is -2.19. The predicted molar refractivity (Wildman–Crippen MR) is 81.1 cm³/mol. The maximum Gasteiger partial charge on any atom is 0.320 e. The van der Waals surface area contributed by atoms with Gasteiger partial charge in [0.2, 0.25) is 0 Å². The van der Waals surface area contributed by atoms with E-state index in [-0.39, 0.29) is 6.10 Å². The zero-order valence-electron chi connectivity index (χ0n) is 11.7. The Hall–Kier alpha value is -1.07. The van der Waals surface area contributed by atoms with E-state index in [1.807, 2.05) is 26.0 Å². The number of carbonyl (C=O) groups is 1. The minimum absolute atomic E-state index is 0.00770. The number of fused-ring (bicyclic) bond motifs is 1. The SMILES string of the molecule is CC(C)CC(NCC1Cc2cc(Br)ccc2O1)C(=O)O. The molecular formula is C15H20BrNO3. The predicted octanol–water partition coefficient (Wildman–Crippen LogP) is 2.84. The number of ether oxygens (including phenoxy) is 1. The molecule has 1 aliphatic rings. The monoisotopic (exact) mass is 341 g/mol. The van der Waals surface area contributed by atoms with E-state index >= 15 is 0 Å². The third-order valence-corrected chi connectivity index (χ3v) is 3.85. The Kier molecular flexibility index (Phi) is 5.05. The van der Waals surface area contributed by atoms with Gasteiger partial charge in [0, 0.05) is 17.4 Å². The average molecular weight is 342 g/mol. The maximum atomic E-state index is 11.2. The second kappa shape index (κ2) is 6.59. The number of rotatable bonds is 6. The molecule has 4 nitrogen and oxygen atoms in total. The molecule has 0 amide bonds. The van der Waals surface area contributed by atoms with E-state index in [1.165, 1.54) is 5.56 Å². The topological polar surface area (TPSA) is 58.6 Å². The van der Waals surface area contributed by atoms with Gasteiger partial charge in [-0.05, 0) is 36.1 Å². The number of carboxylic acids is 1. The number of benzene rings is 1. The van der Waals surface area contributed by atoms with Gasteiger partial charge in [-0.3, -0.25) is 4.79 Å². The standard InChI is InChI=1S/C15H20BrNO3/c1-9(2)5-13(15(18)19)17-8-12-7-10-6-11(16)3-4-14(10)20-12/h3-4,6,9,12-13,17H,5,7-8H2,1-2H3,(H,18,19). The van der Waals surface area contributed by atoms with Crippen LogP contribution >= 0.6 is 15.9 Å². The van der Waals surface area contributed by atoms with Gasteiger partial charge in [0.1, 0.15) is 17.9 Å². The van der Waals surface area contributed by atoms with Crippen molar-refractivity contribution in [3.8, 4) is 5.75 Å². The molecule has 1 aromatic rings. The number of hydrogen-bond donors (Lipinski definition) is 2. The van der Waals surface area contributed by atoms with Crippen LogP contribution in [0, 0.1) is 5.92 Å². The summed E-state index contributed by atoms with van der Waals surface area (Å²) >= 11 is 3.44. The van der Waals surface area contributed by atoms with Crippen molar-refractivity contribution in [1.29, 1.82) is 0 Å². The van der Waals surface area contributed by atoms with Crippen LogP contribution in [0.4, 0.5) is 0 Å². The molecule has 5 heteroatoms. The molecule has 0 spiro atoms. The summed E-state index contributed by atoms with van der Waals surface area (Å²) in [4.78, 5) is 11.2. The van der Waals surface area contributed by atoms with Gasteiger partial charge >= 0.3 is 5.97 Å². The van der Waals surface area contributed by atoms with Crippen molar-refractivity contribution in [2.24, 2.45) is 5.92 Å². The summed E-state index contributed by atoms with van der Waals surface area (Å²) < 4.78 is 6.86. The van der Waals surface area contributed by atoms with Gasteiger partial charge in [-0.15, -0.1) is 0 Å². The Balaban J connectivity index is 1.88. The summed E-state index contributed by atoms with van der Waals surface area (Å²) in [5.41, 5.74) is 1.17. The maximum absolute atomic E-state index is 11.2. The first-order valence-electron chi connectivity index (χ1n) is 6.87. The first kappa shape index (κ1) is 15.3. The Morgan fingerprint density at radius 1 is 1.55 bits per heavy atom. The third kappa shape index (κ3) is 3.96. The van der Waals surface area contributed by atoms with Crippen LogP contribution in [0.25, 0.3) is 0 Å². The second-order valence-corrected chi connectivity index (χ2v) is 6.54.